The molecule has 1 aliphatic rings. The number of anilines is 2. The predicted octanol–water partition coefficient (Wildman–Crippen LogP) is 7.35. The molecule has 0 atom stereocenters. The zero-order chi connectivity index (χ0) is 27.3. The van der Waals surface area contributed by atoms with Crippen LogP contribution in [0.25, 0.3) is 33.0 Å². The molecule has 40 heavy (non-hydrogen) atoms. The fraction of sp³-hybridized carbons (Fsp3) is 0.176. The van der Waals surface area contributed by atoms with Crippen molar-refractivity contribution in [3.8, 4) is 22.3 Å². The normalized spacial score (nSPS) is 13.7. The third-order valence-corrected chi connectivity index (χ3v) is 7.30. The van der Waals surface area contributed by atoms with Crippen LogP contribution in [0.2, 0.25) is 0 Å². The van der Waals surface area contributed by atoms with Crippen LogP contribution in [-0.4, -0.2) is 42.2 Å². The fourth-order valence-corrected chi connectivity index (χ4v) is 5.13. The van der Waals surface area contributed by atoms with Crippen LogP contribution in [0.4, 0.5) is 16.2 Å². The summed E-state index contributed by atoms with van der Waals surface area (Å²) in [7, 11) is 0. The molecule has 1 aromatic heterocycles. The molecule has 1 aliphatic heterocycles. The number of aryl methyl sites for hydroxylation is 1. The Morgan fingerprint density at radius 3 is 2.35 bits per heavy atom. The van der Waals surface area contributed by atoms with Crippen LogP contribution >= 0.6 is 0 Å². The Kier molecular flexibility index (Phi) is 7.53. The van der Waals surface area contributed by atoms with E-state index in [-0.39, 0.29) is 6.03 Å². The molecule has 6 rings (SSSR count). The van der Waals surface area contributed by atoms with Gasteiger partial charge in [0.25, 0.3) is 0 Å². The lowest BCUT2D eigenvalue weighted by Crippen LogP contribution is -2.35. The first kappa shape index (κ1) is 25.7. The standard InChI is InChI=1S/C34H32N4O2/c1-24-9-11-25(12-10-24)26-5-4-6-28(21-26)36-34(39)37-33-16-15-30(31-7-2-3-8-32(31)33)27-13-14-29(35-22-27)23-38-17-19-40-20-18-38/h2-16,21-22H,17-20,23H2,1H3,(H2,36,37,39). The second-order valence-corrected chi connectivity index (χ2v) is 10.2. The highest BCUT2D eigenvalue weighted by Gasteiger charge is 2.13. The Labute approximate surface area is 234 Å². The average Bonchev–Trinajstić information content (AvgIpc) is 2.99. The summed E-state index contributed by atoms with van der Waals surface area (Å²) >= 11 is 0. The molecule has 1 fully saturated rings. The van der Waals surface area contributed by atoms with Gasteiger partial charge in [-0.1, -0.05) is 78.4 Å². The second kappa shape index (κ2) is 11.7. The molecule has 0 spiro atoms. The lowest BCUT2D eigenvalue weighted by atomic mass is 9.98. The van der Waals surface area contributed by atoms with Gasteiger partial charge in [-0.05, 0) is 53.3 Å². The molecular weight excluding hydrogens is 496 g/mol. The van der Waals surface area contributed by atoms with E-state index in [2.05, 4.69) is 71.0 Å². The molecule has 6 heteroatoms. The summed E-state index contributed by atoms with van der Waals surface area (Å²) in [5.41, 5.74) is 8.05. The van der Waals surface area contributed by atoms with E-state index in [9.17, 15) is 4.79 Å². The number of carbonyl (C=O) groups is 1. The number of aromatic nitrogens is 1. The molecule has 2 heterocycles. The first-order valence-electron chi connectivity index (χ1n) is 13.6. The van der Waals surface area contributed by atoms with E-state index in [1.54, 1.807) is 0 Å². The van der Waals surface area contributed by atoms with E-state index in [1.165, 1.54) is 5.56 Å². The quantitative estimate of drug-likeness (QED) is 0.242. The van der Waals surface area contributed by atoms with Gasteiger partial charge in [0, 0.05) is 42.5 Å². The number of benzene rings is 4. The summed E-state index contributed by atoms with van der Waals surface area (Å²) < 4.78 is 5.45. The van der Waals surface area contributed by atoms with Crippen molar-refractivity contribution in [3.05, 3.63) is 115 Å². The lowest BCUT2D eigenvalue weighted by Gasteiger charge is -2.26. The zero-order valence-corrected chi connectivity index (χ0v) is 22.6. The third-order valence-electron chi connectivity index (χ3n) is 7.30. The van der Waals surface area contributed by atoms with Crippen LogP contribution in [-0.2, 0) is 11.3 Å². The van der Waals surface area contributed by atoms with Crippen molar-refractivity contribution in [1.82, 2.24) is 9.88 Å². The van der Waals surface area contributed by atoms with Crippen LogP contribution in [0.15, 0.2) is 103 Å². The highest BCUT2D eigenvalue weighted by Crippen LogP contribution is 2.33. The van der Waals surface area contributed by atoms with Gasteiger partial charge in [0.05, 0.1) is 24.6 Å². The van der Waals surface area contributed by atoms with Gasteiger partial charge in [0.2, 0.25) is 0 Å². The Balaban J connectivity index is 1.19. The number of hydrogen-bond donors (Lipinski definition) is 2. The molecule has 0 radical (unpaired) electrons. The molecular formula is C34H32N4O2. The SMILES string of the molecule is Cc1ccc(-c2cccc(NC(=O)Nc3ccc(-c4ccc(CN5CCOCC5)nc4)c4ccccc34)c2)cc1. The minimum atomic E-state index is -0.284. The summed E-state index contributed by atoms with van der Waals surface area (Å²) in [6.07, 6.45) is 1.94. The number of morpholine rings is 1. The number of hydrogen-bond acceptors (Lipinski definition) is 4. The molecule has 1 saturated heterocycles. The van der Waals surface area contributed by atoms with Gasteiger partial charge in [-0.3, -0.25) is 9.88 Å². The number of pyridine rings is 1. The van der Waals surface area contributed by atoms with E-state index in [0.717, 1.165) is 82.9 Å². The van der Waals surface area contributed by atoms with E-state index >= 15 is 0 Å². The van der Waals surface area contributed by atoms with Crippen molar-refractivity contribution in [2.45, 2.75) is 13.5 Å². The predicted molar refractivity (Wildman–Crippen MR) is 163 cm³/mol. The number of nitrogens with one attached hydrogen (secondary N) is 2. The van der Waals surface area contributed by atoms with Crippen molar-refractivity contribution >= 4 is 28.2 Å². The highest BCUT2D eigenvalue weighted by molar-refractivity contribution is 6.09. The van der Waals surface area contributed by atoms with Gasteiger partial charge in [0.15, 0.2) is 0 Å². The highest BCUT2D eigenvalue weighted by atomic mass is 16.5. The smallest absolute Gasteiger partial charge is 0.323 e. The molecule has 0 bridgehead atoms. The Morgan fingerprint density at radius 1 is 0.800 bits per heavy atom. The number of amides is 2. The van der Waals surface area contributed by atoms with Gasteiger partial charge in [-0.2, -0.15) is 0 Å². The molecule has 0 unspecified atom stereocenters. The van der Waals surface area contributed by atoms with Gasteiger partial charge in [-0.25, -0.2) is 4.79 Å². The number of rotatable bonds is 6. The maximum absolute atomic E-state index is 13.0. The molecule has 4 aromatic carbocycles. The van der Waals surface area contributed by atoms with Crippen molar-refractivity contribution in [3.63, 3.8) is 0 Å². The fourth-order valence-electron chi connectivity index (χ4n) is 5.13. The van der Waals surface area contributed by atoms with Crippen LogP contribution in [0.3, 0.4) is 0 Å². The Bertz CT molecular complexity index is 1630. The van der Waals surface area contributed by atoms with Crippen LogP contribution in [0, 0.1) is 6.92 Å². The minimum absolute atomic E-state index is 0.284. The number of fused-ring (bicyclic) bond motifs is 1. The van der Waals surface area contributed by atoms with Crippen molar-refractivity contribution in [2.75, 3.05) is 36.9 Å². The zero-order valence-electron chi connectivity index (χ0n) is 22.6. The van der Waals surface area contributed by atoms with E-state index in [1.807, 2.05) is 54.7 Å². The maximum atomic E-state index is 13.0. The van der Waals surface area contributed by atoms with Crippen molar-refractivity contribution in [2.24, 2.45) is 0 Å². The summed E-state index contributed by atoms with van der Waals surface area (Å²) in [4.78, 5) is 20.1. The van der Waals surface area contributed by atoms with Crippen LogP contribution in [0.1, 0.15) is 11.3 Å². The van der Waals surface area contributed by atoms with Gasteiger partial charge in [0.1, 0.15) is 0 Å². The molecule has 200 valence electrons. The Hall–Kier alpha value is -4.52. The number of carbonyl (C=O) groups excluding carboxylic acids is 1. The molecule has 2 N–H and O–H groups in total. The van der Waals surface area contributed by atoms with E-state index in [0.29, 0.717) is 0 Å². The minimum Gasteiger partial charge on any atom is -0.379 e. The molecule has 0 saturated carbocycles. The van der Waals surface area contributed by atoms with E-state index < -0.39 is 0 Å². The largest absolute Gasteiger partial charge is 0.379 e. The van der Waals surface area contributed by atoms with Gasteiger partial charge >= 0.3 is 6.03 Å². The van der Waals surface area contributed by atoms with Crippen molar-refractivity contribution < 1.29 is 9.53 Å². The Morgan fingerprint density at radius 2 is 1.57 bits per heavy atom. The van der Waals surface area contributed by atoms with Crippen molar-refractivity contribution in [1.29, 1.82) is 0 Å². The first-order chi connectivity index (χ1) is 19.6. The average molecular weight is 529 g/mol. The molecule has 2 amide bonds. The maximum Gasteiger partial charge on any atom is 0.323 e. The van der Waals surface area contributed by atoms with Crippen LogP contribution in [0.5, 0.6) is 0 Å². The molecule has 0 aliphatic carbocycles. The number of nitrogens with zero attached hydrogens (tertiary/aromatic N) is 2. The third kappa shape index (κ3) is 5.88. The monoisotopic (exact) mass is 528 g/mol. The second-order valence-electron chi connectivity index (χ2n) is 10.2. The first-order valence-corrected chi connectivity index (χ1v) is 13.6. The topological polar surface area (TPSA) is 66.5 Å². The molecule has 6 nitrogen and oxygen atoms in total. The number of urea groups is 1. The van der Waals surface area contributed by atoms with E-state index in [4.69, 9.17) is 9.72 Å². The van der Waals surface area contributed by atoms with Gasteiger partial charge < -0.3 is 15.4 Å². The lowest BCUT2D eigenvalue weighted by molar-refractivity contribution is 0.0336. The molecule has 5 aromatic rings. The van der Waals surface area contributed by atoms with Crippen LogP contribution < -0.4 is 10.6 Å². The summed E-state index contributed by atoms with van der Waals surface area (Å²) in [6.45, 7) is 6.34. The summed E-state index contributed by atoms with van der Waals surface area (Å²) in [5.74, 6) is 0. The summed E-state index contributed by atoms with van der Waals surface area (Å²) in [6, 6.07) is 32.3. The number of ether oxygens (including phenoxy) is 1. The summed E-state index contributed by atoms with van der Waals surface area (Å²) in [5, 5.41) is 8.08. The van der Waals surface area contributed by atoms with Gasteiger partial charge in [-0.15, -0.1) is 0 Å².